The summed E-state index contributed by atoms with van der Waals surface area (Å²) < 4.78 is 29.7. The number of halogens is 2. The van der Waals surface area contributed by atoms with E-state index < -0.39 is 11.2 Å². The standard InChI is InChI=1S/C31H21F2N3O/c1-17-25-16-36-28-23(21-6-3-4-8-26(21)32)12-18(13-24(28)31(25,2)14-19(15-34)30(17)37)20-10-11-35-29-22(20)7-5-9-27(29)33/h3-14,36H,16H2,1-2H3/t31-/m0/s1. The molecule has 180 valence electrons. The molecule has 6 rings (SSSR count). The van der Waals surface area contributed by atoms with Crippen molar-refractivity contribution in [2.75, 3.05) is 11.9 Å². The van der Waals surface area contributed by atoms with Crippen molar-refractivity contribution in [1.82, 2.24) is 4.98 Å². The molecular weight excluding hydrogens is 468 g/mol. The molecule has 0 spiro atoms. The first kappa shape index (κ1) is 22.8. The van der Waals surface area contributed by atoms with Crippen LogP contribution in [0, 0.1) is 23.0 Å². The Hall–Kier alpha value is -4.63. The highest BCUT2D eigenvalue weighted by Crippen LogP contribution is 2.51. The van der Waals surface area contributed by atoms with E-state index in [-0.39, 0.29) is 22.7 Å². The number of rotatable bonds is 2. The molecule has 2 heterocycles. The highest BCUT2D eigenvalue weighted by Gasteiger charge is 2.42. The van der Waals surface area contributed by atoms with Gasteiger partial charge in [0.1, 0.15) is 23.2 Å². The van der Waals surface area contributed by atoms with Gasteiger partial charge in [0.25, 0.3) is 0 Å². The second kappa shape index (κ2) is 8.21. The van der Waals surface area contributed by atoms with Crippen LogP contribution in [0.5, 0.6) is 0 Å². The first-order valence-corrected chi connectivity index (χ1v) is 11.9. The number of Topliss-reactive ketones (excluding diaryl/α,β-unsaturated/α-hetero) is 1. The van der Waals surface area contributed by atoms with Gasteiger partial charge in [0.2, 0.25) is 0 Å². The maximum Gasteiger partial charge on any atom is 0.199 e. The van der Waals surface area contributed by atoms with Crippen molar-refractivity contribution in [1.29, 1.82) is 5.26 Å². The molecule has 1 atom stereocenters. The normalized spacial score (nSPS) is 18.6. The predicted molar refractivity (Wildman–Crippen MR) is 140 cm³/mol. The third kappa shape index (κ3) is 3.31. The number of carbonyl (C=O) groups is 1. The molecule has 1 aliphatic carbocycles. The smallest absolute Gasteiger partial charge is 0.199 e. The Morgan fingerprint density at radius 2 is 1.78 bits per heavy atom. The summed E-state index contributed by atoms with van der Waals surface area (Å²) in [6, 6.07) is 19.1. The Kier molecular flexibility index (Phi) is 5.06. The van der Waals surface area contributed by atoms with Gasteiger partial charge in [-0.15, -0.1) is 0 Å². The van der Waals surface area contributed by atoms with Crippen LogP contribution < -0.4 is 5.32 Å². The van der Waals surface area contributed by atoms with Crippen LogP contribution in [0.4, 0.5) is 14.5 Å². The first-order valence-electron chi connectivity index (χ1n) is 11.9. The third-order valence-corrected chi connectivity index (χ3v) is 7.55. The van der Waals surface area contributed by atoms with Crippen LogP contribution in [0.3, 0.4) is 0 Å². The summed E-state index contributed by atoms with van der Waals surface area (Å²) in [6.07, 6.45) is 3.28. The van der Waals surface area contributed by atoms with Gasteiger partial charge in [-0.2, -0.15) is 5.26 Å². The monoisotopic (exact) mass is 489 g/mol. The Bertz CT molecular complexity index is 1760. The molecule has 3 aromatic carbocycles. The zero-order valence-electron chi connectivity index (χ0n) is 20.2. The first-order chi connectivity index (χ1) is 17.8. The van der Waals surface area contributed by atoms with Gasteiger partial charge >= 0.3 is 0 Å². The van der Waals surface area contributed by atoms with E-state index in [1.54, 1.807) is 43.5 Å². The molecule has 0 bridgehead atoms. The number of carbonyl (C=O) groups excluding carboxylic acids is 1. The number of hydrogen-bond acceptors (Lipinski definition) is 4. The number of para-hydroxylation sites is 1. The minimum atomic E-state index is -0.770. The molecule has 0 fully saturated rings. The number of fused-ring (bicyclic) bond motifs is 4. The Morgan fingerprint density at radius 3 is 2.57 bits per heavy atom. The van der Waals surface area contributed by atoms with E-state index >= 15 is 4.39 Å². The van der Waals surface area contributed by atoms with Gasteiger partial charge in [-0.3, -0.25) is 9.78 Å². The summed E-state index contributed by atoms with van der Waals surface area (Å²) in [6.45, 7) is 4.11. The van der Waals surface area contributed by atoms with Gasteiger partial charge in [-0.05, 0) is 78.1 Å². The van der Waals surface area contributed by atoms with Gasteiger partial charge in [-0.1, -0.05) is 30.3 Å². The number of ketones is 1. The fourth-order valence-electron chi connectivity index (χ4n) is 5.67. The number of anilines is 1. The molecule has 1 aliphatic heterocycles. The average molecular weight is 490 g/mol. The molecule has 4 aromatic rings. The molecule has 6 heteroatoms. The summed E-state index contributed by atoms with van der Waals surface area (Å²) in [5, 5.41) is 13.8. The lowest BCUT2D eigenvalue weighted by molar-refractivity contribution is -0.112. The van der Waals surface area contributed by atoms with Crippen LogP contribution in [-0.2, 0) is 10.2 Å². The fourth-order valence-corrected chi connectivity index (χ4v) is 5.67. The highest BCUT2D eigenvalue weighted by molar-refractivity contribution is 6.13. The van der Waals surface area contributed by atoms with Gasteiger partial charge in [0.05, 0.1) is 5.57 Å². The molecule has 0 saturated heterocycles. The SMILES string of the molecule is CC1=C2CNc3c(-c4ccccc4F)cc(-c4ccnc5c(F)cccc45)cc3[C@]2(C)C=C(C#N)C1=O. The summed E-state index contributed by atoms with van der Waals surface area (Å²) in [7, 11) is 0. The van der Waals surface area contributed by atoms with Crippen molar-refractivity contribution in [3.8, 4) is 28.3 Å². The third-order valence-electron chi connectivity index (χ3n) is 7.55. The van der Waals surface area contributed by atoms with Crippen LogP contribution in [0.25, 0.3) is 33.2 Å². The number of nitrogens with one attached hydrogen (secondary N) is 1. The maximum absolute atomic E-state index is 15.1. The molecule has 1 aromatic heterocycles. The minimum Gasteiger partial charge on any atom is -0.380 e. The van der Waals surface area contributed by atoms with Crippen molar-refractivity contribution in [2.24, 2.45) is 0 Å². The molecule has 0 saturated carbocycles. The Morgan fingerprint density at radius 1 is 1.00 bits per heavy atom. The zero-order valence-corrected chi connectivity index (χ0v) is 20.2. The van der Waals surface area contributed by atoms with Crippen molar-refractivity contribution in [3.63, 3.8) is 0 Å². The number of nitriles is 1. The van der Waals surface area contributed by atoms with E-state index in [1.807, 2.05) is 31.2 Å². The van der Waals surface area contributed by atoms with Crippen molar-refractivity contribution >= 4 is 22.4 Å². The predicted octanol–water partition coefficient (Wildman–Crippen LogP) is 6.88. The molecule has 0 radical (unpaired) electrons. The Balaban J connectivity index is 1.72. The lowest BCUT2D eigenvalue weighted by atomic mass is 9.65. The Labute approximate surface area is 212 Å². The van der Waals surface area contributed by atoms with E-state index in [1.165, 1.54) is 12.1 Å². The van der Waals surface area contributed by atoms with Crippen LogP contribution in [0.1, 0.15) is 19.4 Å². The topological polar surface area (TPSA) is 65.8 Å². The summed E-state index contributed by atoms with van der Waals surface area (Å²) in [5.41, 5.74) is 5.08. The number of benzene rings is 3. The highest BCUT2D eigenvalue weighted by atomic mass is 19.1. The molecule has 2 aliphatic rings. The second-order valence-electron chi connectivity index (χ2n) is 9.58. The lowest BCUT2D eigenvalue weighted by Gasteiger charge is -2.41. The van der Waals surface area contributed by atoms with E-state index in [9.17, 15) is 14.4 Å². The molecular formula is C31H21F2N3O. The molecule has 0 unspecified atom stereocenters. The van der Waals surface area contributed by atoms with Crippen molar-refractivity contribution < 1.29 is 13.6 Å². The van der Waals surface area contributed by atoms with Gasteiger partial charge < -0.3 is 5.32 Å². The van der Waals surface area contributed by atoms with E-state index in [2.05, 4.69) is 16.4 Å². The average Bonchev–Trinajstić information content (AvgIpc) is 2.90. The minimum absolute atomic E-state index is 0.0888. The van der Waals surface area contributed by atoms with Gasteiger partial charge in [-0.25, -0.2) is 8.78 Å². The summed E-state index contributed by atoms with van der Waals surface area (Å²) >= 11 is 0. The summed E-state index contributed by atoms with van der Waals surface area (Å²) in [4.78, 5) is 17.0. The molecule has 0 amide bonds. The summed E-state index contributed by atoms with van der Waals surface area (Å²) in [5.74, 6) is -1.07. The molecule has 1 N–H and O–H groups in total. The van der Waals surface area contributed by atoms with Crippen molar-refractivity contribution in [2.45, 2.75) is 19.3 Å². The van der Waals surface area contributed by atoms with E-state index in [4.69, 9.17) is 0 Å². The van der Waals surface area contributed by atoms with E-state index in [0.29, 0.717) is 28.6 Å². The van der Waals surface area contributed by atoms with Crippen molar-refractivity contribution in [3.05, 3.63) is 107 Å². The molecule has 4 nitrogen and oxygen atoms in total. The van der Waals surface area contributed by atoms with Gasteiger partial charge in [0, 0.05) is 40.4 Å². The zero-order chi connectivity index (χ0) is 25.9. The number of allylic oxidation sites excluding steroid dienone is 3. The maximum atomic E-state index is 15.1. The number of aromatic nitrogens is 1. The number of hydrogen-bond donors (Lipinski definition) is 1. The van der Waals surface area contributed by atoms with Crippen LogP contribution in [0.15, 0.2) is 89.7 Å². The number of pyridine rings is 1. The van der Waals surface area contributed by atoms with Gasteiger partial charge in [0.15, 0.2) is 5.78 Å². The number of nitrogens with zero attached hydrogens (tertiary/aromatic N) is 2. The van der Waals surface area contributed by atoms with E-state index in [0.717, 1.165) is 28.0 Å². The lowest BCUT2D eigenvalue weighted by Crippen LogP contribution is -2.38. The van der Waals surface area contributed by atoms with Crippen LogP contribution in [0.2, 0.25) is 0 Å². The van der Waals surface area contributed by atoms with Crippen LogP contribution in [-0.4, -0.2) is 17.3 Å². The molecule has 37 heavy (non-hydrogen) atoms. The largest absolute Gasteiger partial charge is 0.380 e. The van der Waals surface area contributed by atoms with Crippen LogP contribution >= 0.6 is 0 Å². The fraction of sp³-hybridized carbons (Fsp3) is 0.129. The quantitative estimate of drug-likeness (QED) is 0.333. The second-order valence-corrected chi connectivity index (χ2v) is 9.58.